The predicted molar refractivity (Wildman–Crippen MR) is 163 cm³/mol. The Balaban J connectivity index is -0.00000131. The number of rotatable bonds is 24. The van der Waals surface area contributed by atoms with Crippen molar-refractivity contribution in [3.63, 3.8) is 0 Å². The van der Waals surface area contributed by atoms with Crippen molar-refractivity contribution < 1.29 is 0 Å². The van der Waals surface area contributed by atoms with Crippen molar-refractivity contribution in [2.75, 3.05) is 25.0 Å². The van der Waals surface area contributed by atoms with E-state index in [1.807, 2.05) is 0 Å². The number of hydrogen-bond acceptors (Lipinski definition) is 2. The maximum absolute atomic E-state index is 4.20. The summed E-state index contributed by atoms with van der Waals surface area (Å²) < 4.78 is 0. The molecule has 4 N–H and O–H groups in total. The van der Waals surface area contributed by atoms with Gasteiger partial charge in [-0.2, -0.15) is 5.09 Å². The van der Waals surface area contributed by atoms with Crippen molar-refractivity contribution in [2.45, 2.75) is 150 Å². The topological polar surface area (TPSA) is 47.0 Å². The SMILES string of the molecule is Br.CCCCCCCC[P+](CCCCCCCC)(CCCCCCCC)NCCC.Cl.N. The van der Waals surface area contributed by atoms with Crippen LogP contribution < -0.4 is 11.2 Å². The fourth-order valence-electron chi connectivity index (χ4n) is 4.51. The van der Waals surface area contributed by atoms with Gasteiger partial charge in [-0.3, -0.25) is 0 Å². The first-order valence-corrected chi connectivity index (χ1v) is 16.2. The Kier molecular flexibility index (Phi) is 40.4. The standard InChI is InChI=1S/C27H59NP.BrH.ClH.H3N/c1-5-9-12-15-18-21-25-29(28-24-8-4,26-22-19-16-13-10-6-2)27-23-20-17-14-11-7-3;;;/h28H,5-27H2,1-4H3;2*1H;1H3/q+1;;;. The highest BCUT2D eigenvalue weighted by Crippen LogP contribution is 2.57. The van der Waals surface area contributed by atoms with Gasteiger partial charge in [0, 0.05) is 6.54 Å². The molecule has 200 valence electrons. The molecule has 0 aromatic carbocycles. The maximum atomic E-state index is 4.20. The van der Waals surface area contributed by atoms with E-state index in [9.17, 15) is 0 Å². The molecule has 0 aromatic heterocycles. The van der Waals surface area contributed by atoms with Crippen LogP contribution in [-0.2, 0) is 0 Å². The number of halogens is 2. The van der Waals surface area contributed by atoms with E-state index >= 15 is 0 Å². The minimum Gasteiger partial charge on any atom is -0.344 e. The highest BCUT2D eigenvalue weighted by molar-refractivity contribution is 8.93. The van der Waals surface area contributed by atoms with Crippen LogP contribution in [0.3, 0.4) is 0 Å². The first kappa shape index (κ1) is 40.3. The monoisotopic (exact) mass is 561 g/mol. The summed E-state index contributed by atoms with van der Waals surface area (Å²) >= 11 is 0. The molecular weight excluding hydrogens is 499 g/mol. The molecule has 5 heteroatoms. The molecule has 0 saturated carbocycles. The molecule has 0 bridgehead atoms. The first-order chi connectivity index (χ1) is 14.2. The summed E-state index contributed by atoms with van der Waals surface area (Å²) in [7, 11) is -0.929. The van der Waals surface area contributed by atoms with Crippen LogP contribution in [0.1, 0.15) is 150 Å². The molecule has 0 rings (SSSR count). The molecular formula is C27H64BrClN2P+. The molecule has 0 fully saturated rings. The fraction of sp³-hybridized carbons (Fsp3) is 1.00. The number of nitrogens with one attached hydrogen (secondary N) is 1. The van der Waals surface area contributed by atoms with Crippen LogP contribution in [0.4, 0.5) is 0 Å². The molecule has 0 spiro atoms. The quantitative estimate of drug-likeness (QED) is 0.0907. The van der Waals surface area contributed by atoms with E-state index in [0.29, 0.717) is 0 Å². The second-order valence-electron chi connectivity index (χ2n) is 9.53. The van der Waals surface area contributed by atoms with E-state index in [-0.39, 0.29) is 35.5 Å². The van der Waals surface area contributed by atoms with Crippen molar-refractivity contribution in [3.8, 4) is 0 Å². The Labute approximate surface area is 222 Å². The maximum Gasteiger partial charge on any atom is 0.0799 e. The van der Waals surface area contributed by atoms with Crippen molar-refractivity contribution in [2.24, 2.45) is 0 Å². The fourth-order valence-corrected chi connectivity index (χ4v) is 8.84. The van der Waals surface area contributed by atoms with Gasteiger partial charge in [0.2, 0.25) is 0 Å². The van der Waals surface area contributed by atoms with Gasteiger partial charge in [-0.05, 0) is 44.9 Å². The van der Waals surface area contributed by atoms with Gasteiger partial charge < -0.3 is 6.15 Å². The Bertz CT molecular complexity index is 281. The molecule has 0 aliphatic heterocycles. The highest BCUT2D eigenvalue weighted by Gasteiger charge is 2.35. The normalized spacial score (nSPS) is 10.9. The van der Waals surface area contributed by atoms with Gasteiger partial charge in [0.05, 0.1) is 25.9 Å². The second-order valence-corrected chi connectivity index (χ2v) is 13.5. The summed E-state index contributed by atoms with van der Waals surface area (Å²) in [4.78, 5) is 0. The van der Waals surface area contributed by atoms with Crippen molar-refractivity contribution >= 4 is 36.8 Å². The van der Waals surface area contributed by atoms with Gasteiger partial charge in [-0.25, -0.2) is 0 Å². The first-order valence-electron chi connectivity index (χ1n) is 13.9. The van der Waals surface area contributed by atoms with E-state index < -0.39 is 7.41 Å². The molecule has 0 radical (unpaired) electrons. The van der Waals surface area contributed by atoms with Crippen molar-refractivity contribution in [3.05, 3.63) is 0 Å². The van der Waals surface area contributed by atoms with Crippen molar-refractivity contribution in [1.82, 2.24) is 11.2 Å². The average Bonchev–Trinajstić information content (AvgIpc) is 2.74. The largest absolute Gasteiger partial charge is 0.344 e. The third kappa shape index (κ3) is 25.7. The highest BCUT2D eigenvalue weighted by atomic mass is 79.9. The van der Waals surface area contributed by atoms with Gasteiger partial charge in [-0.15, -0.1) is 29.4 Å². The zero-order valence-electron chi connectivity index (χ0n) is 22.7. The smallest absolute Gasteiger partial charge is 0.0799 e. The second kappa shape index (κ2) is 32.1. The zero-order chi connectivity index (χ0) is 21.5. The molecule has 32 heavy (non-hydrogen) atoms. The van der Waals surface area contributed by atoms with Crippen LogP contribution in [0.2, 0.25) is 0 Å². The van der Waals surface area contributed by atoms with Gasteiger partial charge in [-0.1, -0.05) is 105 Å². The third-order valence-corrected chi connectivity index (χ3v) is 10.9. The molecule has 0 atom stereocenters. The molecule has 0 aliphatic carbocycles. The van der Waals surface area contributed by atoms with Gasteiger partial charge in [0.25, 0.3) is 0 Å². The molecule has 0 aromatic rings. The lowest BCUT2D eigenvalue weighted by atomic mass is 10.1. The van der Waals surface area contributed by atoms with Gasteiger partial charge in [0.15, 0.2) is 0 Å². The Hall–Kier alpha value is 1.12. The average molecular weight is 563 g/mol. The molecule has 0 saturated heterocycles. The van der Waals surface area contributed by atoms with Crippen LogP contribution in [-0.4, -0.2) is 25.0 Å². The van der Waals surface area contributed by atoms with E-state index in [1.165, 1.54) is 147 Å². The Morgan fingerprint density at radius 3 is 1.00 bits per heavy atom. The summed E-state index contributed by atoms with van der Waals surface area (Å²) in [5.74, 6) is 0. The molecule has 0 amide bonds. The lowest BCUT2D eigenvalue weighted by molar-refractivity contribution is 0.613. The molecule has 0 aliphatic rings. The summed E-state index contributed by atoms with van der Waals surface area (Å²) in [5, 5.41) is 4.20. The van der Waals surface area contributed by atoms with Crippen molar-refractivity contribution in [1.29, 1.82) is 0 Å². The van der Waals surface area contributed by atoms with Crippen LogP contribution in [0.15, 0.2) is 0 Å². The summed E-state index contributed by atoms with van der Waals surface area (Å²) in [5.41, 5.74) is 0. The molecule has 0 unspecified atom stereocenters. The number of hydrogen-bond donors (Lipinski definition) is 2. The van der Waals surface area contributed by atoms with Crippen LogP contribution in [0, 0.1) is 0 Å². The lowest BCUT2D eigenvalue weighted by Gasteiger charge is -2.28. The summed E-state index contributed by atoms with van der Waals surface area (Å²) in [6.45, 7) is 10.6. The zero-order valence-corrected chi connectivity index (χ0v) is 26.2. The van der Waals surface area contributed by atoms with E-state index in [4.69, 9.17) is 0 Å². The van der Waals surface area contributed by atoms with Crippen LogP contribution in [0.25, 0.3) is 0 Å². The predicted octanol–water partition coefficient (Wildman–Crippen LogP) is 11.2. The third-order valence-electron chi connectivity index (χ3n) is 6.52. The molecule has 0 heterocycles. The van der Waals surface area contributed by atoms with E-state index in [1.54, 1.807) is 0 Å². The summed E-state index contributed by atoms with van der Waals surface area (Å²) in [6, 6.07) is 0. The number of unbranched alkanes of at least 4 members (excludes halogenated alkanes) is 15. The summed E-state index contributed by atoms with van der Waals surface area (Å²) in [6.07, 6.45) is 31.9. The lowest BCUT2D eigenvalue weighted by Crippen LogP contribution is -2.25. The van der Waals surface area contributed by atoms with Gasteiger partial charge in [0.1, 0.15) is 0 Å². The minimum atomic E-state index is -0.929. The Morgan fingerprint density at radius 2 is 0.719 bits per heavy atom. The minimum absolute atomic E-state index is 0. The molecule has 2 nitrogen and oxygen atoms in total. The van der Waals surface area contributed by atoms with E-state index in [0.717, 1.165) is 0 Å². The van der Waals surface area contributed by atoms with Crippen LogP contribution in [0.5, 0.6) is 0 Å². The van der Waals surface area contributed by atoms with Crippen LogP contribution >= 0.6 is 36.8 Å². The van der Waals surface area contributed by atoms with Gasteiger partial charge >= 0.3 is 0 Å². The van der Waals surface area contributed by atoms with E-state index in [2.05, 4.69) is 32.8 Å². The Morgan fingerprint density at radius 1 is 0.438 bits per heavy atom.